The lowest BCUT2D eigenvalue weighted by molar-refractivity contribution is 0.0593. The predicted molar refractivity (Wildman–Crippen MR) is 75.1 cm³/mol. The van der Waals surface area contributed by atoms with Gasteiger partial charge in [-0.05, 0) is 6.07 Å². The molecule has 0 spiro atoms. The summed E-state index contributed by atoms with van der Waals surface area (Å²) in [6, 6.07) is 8.79. The maximum Gasteiger partial charge on any atom is 0.356 e. The first-order valence-electron chi connectivity index (χ1n) is 6.22. The lowest BCUT2D eigenvalue weighted by Gasteiger charge is -2.01. The molecule has 6 heteroatoms. The van der Waals surface area contributed by atoms with Gasteiger partial charge in [-0.1, -0.05) is 18.2 Å². The van der Waals surface area contributed by atoms with Crippen LogP contribution in [0.15, 0.2) is 42.9 Å². The Morgan fingerprint density at radius 3 is 2.71 bits per heavy atom. The summed E-state index contributed by atoms with van der Waals surface area (Å²) in [4.78, 5) is 34.7. The predicted octanol–water partition coefficient (Wildman–Crippen LogP) is 1.98. The minimum atomic E-state index is -0.606. The fourth-order valence-electron chi connectivity index (χ4n) is 2.10. The van der Waals surface area contributed by atoms with Crippen LogP contribution in [-0.2, 0) is 4.74 Å². The first kappa shape index (κ1) is 13.0. The van der Waals surface area contributed by atoms with Crippen molar-refractivity contribution in [3.8, 4) is 0 Å². The molecule has 0 aliphatic carbocycles. The summed E-state index contributed by atoms with van der Waals surface area (Å²) in [6.07, 6.45) is 2.81. The zero-order valence-electron chi connectivity index (χ0n) is 11.2. The van der Waals surface area contributed by atoms with Crippen LogP contribution in [-0.4, -0.2) is 33.8 Å². The van der Waals surface area contributed by atoms with Crippen LogP contribution in [0.3, 0.4) is 0 Å². The van der Waals surface area contributed by atoms with Crippen LogP contribution in [0.2, 0.25) is 0 Å². The summed E-state index contributed by atoms with van der Waals surface area (Å²) in [7, 11) is 1.26. The van der Waals surface area contributed by atoms with E-state index >= 15 is 0 Å². The lowest BCUT2D eigenvalue weighted by Crippen LogP contribution is -2.09. The number of nitrogens with zero attached hydrogens (tertiary/aromatic N) is 2. The maximum absolute atomic E-state index is 12.5. The van der Waals surface area contributed by atoms with Crippen molar-refractivity contribution in [1.82, 2.24) is 15.0 Å². The number of aromatic amines is 1. The minimum Gasteiger partial charge on any atom is -0.464 e. The molecule has 0 radical (unpaired) electrons. The number of aromatic nitrogens is 3. The summed E-state index contributed by atoms with van der Waals surface area (Å²) in [5, 5.41) is 0.806. The van der Waals surface area contributed by atoms with E-state index in [1.165, 1.54) is 19.5 Å². The number of ether oxygens (including phenoxy) is 1. The van der Waals surface area contributed by atoms with E-state index in [0.717, 1.165) is 10.9 Å². The molecule has 0 atom stereocenters. The molecule has 0 amide bonds. The lowest BCUT2D eigenvalue weighted by atomic mass is 10.1. The molecule has 3 rings (SSSR count). The van der Waals surface area contributed by atoms with E-state index in [4.69, 9.17) is 0 Å². The van der Waals surface area contributed by atoms with Crippen molar-refractivity contribution in [2.45, 2.75) is 0 Å². The van der Waals surface area contributed by atoms with Crippen LogP contribution in [0.25, 0.3) is 10.9 Å². The number of para-hydroxylation sites is 1. The van der Waals surface area contributed by atoms with E-state index in [1.54, 1.807) is 6.20 Å². The number of ketones is 1. The molecule has 0 fully saturated rings. The molecule has 6 nitrogen and oxygen atoms in total. The van der Waals surface area contributed by atoms with Crippen LogP contribution < -0.4 is 0 Å². The zero-order chi connectivity index (χ0) is 14.8. The minimum absolute atomic E-state index is 0.0516. The molecule has 0 aliphatic rings. The molecule has 21 heavy (non-hydrogen) atoms. The average Bonchev–Trinajstić information content (AvgIpc) is 2.97. The molecular formula is C15H11N3O3. The molecule has 0 bridgehead atoms. The third kappa shape index (κ3) is 2.27. The third-order valence-corrected chi connectivity index (χ3v) is 3.13. The Balaban J connectivity index is 2.04. The van der Waals surface area contributed by atoms with Crippen LogP contribution in [0.4, 0.5) is 0 Å². The van der Waals surface area contributed by atoms with Crippen molar-refractivity contribution in [1.29, 1.82) is 0 Å². The first-order valence-corrected chi connectivity index (χ1v) is 6.22. The normalized spacial score (nSPS) is 10.5. The monoisotopic (exact) mass is 281 g/mol. The van der Waals surface area contributed by atoms with Gasteiger partial charge in [-0.25, -0.2) is 14.8 Å². The highest BCUT2D eigenvalue weighted by Crippen LogP contribution is 2.20. The molecule has 0 unspecified atom stereocenters. The number of nitrogens with one attached hydrogen (secondary N) is 1. The number of H-pyrrole nitrogens is 1. The second-order valence-electron chi connectivity index (χ2n) is 4.36. The maximum atomic E-state index is 12.5. The van der Waals surface area contributed by atoms with E-state index in [-0.39, 0.29) is 17.2 Å². The molecular weight excluding hydrogens is 270 g/mol. The van der Waals surface area contributed by atoms with E-state index in [1.807, 2.05) is 24.3 Å². The number of esters is 1. The number of carbonyl (C=O) groups excluding carboxylic acids is 2. The third-order valence-electron chi connectivity index (χ3n) is 3.13. The number of hydrogen-bond acceptors (Lipinski definition) is 5. The topological polar surface area (TPSA) is 84.9 Å². The second-order valence-corrected chi connectivity index (χ2v) is 4.36. The van der Waals surface area contributed by atoms with E-state index in [9.17, 15) is 9.59 Å². The van der Waals surface area contributed by atoms with E-state index < -0.39 is 5.97 Å². The highest BCUT2D eigenvalue weighted by Gasteiger charge is 2.17. The van der Waals surface area contributed by atoms with Crippen molar-refractivity contribution in [2.75, 3.05) is 7.11 Å². The Kier molecular flexibility index (Phi) is 3.19. The van der Waals surface area contributed by atoms with Gasteiger partial charge < -0.3 is 9.72 Å². The van der Waals surface area contributed by atoms with Crippen LogP contribution in [0, 0.1) is 0 Å². The van der Waals surface area contributed by atoms with E-state index in [0.29, 0.717) is 5.56 Å². The smallest absolute Gasteiger partial charge is 0.356 e. The average molecular weight is 281 g/mol. The number of fused-ring (bicyclic) bond motifs is 1. The summed E-state index contributed by atoms with van der Waals surface area (Å²) < 4.78 is 4.59. The summed E-state index contributed by atoms with van der Waals surface area (Å²) in [5.41, 5.74) is 1.56. The fraction of sp³-hybridized carbons (Fsp3) is 0.0667. The number of hydrogen-bond donors (Lipinski definition) is 1. The van der Waals surface area contributed by atoms with Crippen molar-refractivity contribution in [2.24, 2.45) is 0 Å². The van der Waals surface area contributed by atoms with Crippen molar-refractivity contribution in [3.63, 3.8) is 0 Å². The highest BCUT2D eigenvalue weighted by atomic mass is 16.5. The quantitative estimate of drug-likeness (QED) is 0.586. The molecule has 1 aromatic carbocycles. The highest BCUT2D eigenvalue weighted by molar-refractivity contribution is 6.15. The molecule has 2 heterocycles. The molecule has 2 aromatic heterocycles. The van der Waals surface area contributed by atoms with Gasteiger partial charge in [0.15, 0.2) is 5.69 Å². The van der Waals surface area contributed by atoms with Crippen molar-refractivity contribution >= 4 is 22.7 Å². The molecule has 0 aliphatic heterocycles. The SMILES string of the molecule is COC(=O)c1cc(C(=O)c2c[nH]c3ccccc23)ncn1. The molecule has 104 valence electrons. The van der Waals surface area contributed by atoms with Gasteiger partial charge >= 0.3 is 5.97 Å². The Hall–Kier alpha value is -3.02. The van der Waals surface area contributed by atoms with Crippen molar-refractivity contribution < 1.29 is 14.3 Å². The van der Waals surface area contributed by atoms with Crippen molar-refractivity contribution in [3.05, 3.63) is 59.8 Å². The number of benzene rings is 1. The van der Waals surface area contributed by atoms with Crippen LogP contribution in [0.1, 0.15) is 26.5 Å². The zero-order valence-corrected chi connectivity index (χ0v) is 11.2. The van der Waals surface area contributed by atoms with Crippen LogP contribution >= 0.6 is 0 Å². The number of carbonyl (C=O) groups is 2. The van der Waals surface area contributed by atoms with Crippen LogP contribution in [0.5, 0.6) is 0 Å². The summed E-state index contributed by atoms with van der Waals surface area (Å²) in [6.45, 7) is 0. The van der Waals surface area contributed by atoms with Gasteiger partial charge in [0.2, 0.25) is 5.78 Å². The summed E-state index contributed by atoms with van der Waals surface area (Å²) in [5.74, 6) is -0.884. The molecule has 1 N–H and O–H groups in total. The van der Waals surface area contributed by atoms with Gasteiger partial charge in [0, 0.05) is 28.7 Å². The largest absolute Gasteiger partial charge is 0.464 e. The van der Waals surface area contributed by atoms with Gasteiger partial charge in [-0.3, -0.25) is 4.79 Å². The van der Waals surface area contributed by atoms with Gasteiger partial charge in [0.05, 0.1) is 7.11 Å². The Morgan fingerprint density at radius 1 is 1.14 bits per heavy atom. The molecule has 0 saturated heterocycles. The standard InChI is InChI=1S/C15H11N3O3/c1-21-15(20)13-6-12(17-8-18-13)14(19)10-7-16-11-5-3-2-4-9(10)11/h2-8,16H,1H3. The molecule has 0 saturated carbocycles. The number of methoxy groups -OCH3 is 1. The Morgan fingerprint density at radius 2 is 1.90 bits per heavy atom. The Labute approximate surface area is 119 Å². The first-order chi connectivity index (χ1) is 10.2. The molecule has 3 aromatic rings. The second kappa shape index (κ2) is 5.16. The van der Waals surface area contributed by atoms with Gasteiger partial charge in [-0.2, -0.15) is 0 Å². The fourth-order valence-corrected chi connectivity index (χ4v) is 2.10. The Bertz CT molecular complexity index is 839. The van der Waals surface area contributed by atoms with E-state index in [2.05, 4.69) is 19.7 Å². The number of rotatable bonds is 3. The summed E-state index contributed by atoms with van der Waals surface area (Å²) >= 11 is 0. The van der Waals surface area contributed by atoms with Gasteiger partial charge in [-0.15, -0.1) is 0 Å². The van der Waals surface area contributed by atoms with Gasteiger partial charge in [0.25, 0.3) is 0 Å². The van der Waals surface area contributed by atoms with Gasteiger partial charge in [0.1, 0.15) is 12.0 Å².